The highest BCUT2D eigenvalue weighted by Gasteiger charge is 2.48. The van der Waals surface area contributed by atoms with Crippen LogP contribution in [0.3, 0.4) is 0 Å². The van der Waals surface area contributed by atoms with E-state index in [0.29, 0.717) is 32.5 Å². The van der Waals surface area contributed by atoms with Crippen molar-refractivity contribution < 1.29 is 13.2 Å². The molecule has 8 heteroatoms. The van der Waals surface area contributed by atoms with E-state index in [1.165, 1.54) is 24.0 Å². The molecule has 3 rings (SSSR count). The number of rotatable bonds is 4. The number of nitrogens with one attached hydrogen (secondary N) is 2. The summed E-state index contributed by atoms with van der Waals surface area (Å²) in [7, 11) is -3.46. The average Bonchev–Trinajstić information content (AvgIpc) is 2.95. The Kier molecular flexibility index (Phi) is 4.75. The first-order valence-corrected chi connectivity index (χ1v) is 10.8. The highest BCUT2D eigenvalue weighted by molar-refractivity contribution is 7.92. The quantitative estimate of drug-likeness (QED) is 0.832. The third kappa shape index (κ3) is 3.29. The zero-order chi connectivity index (χ0) is 16.5. The van der Waals surface area contributed by atoms with Crippen LogP contribution < -0.4 is 10.6 Å². The summed E-state index contributed by atoms with van der Waals surface area (Å²) in [6.07, 6.45) is 6.27. The number of aromatic nitrogens is 1. The Hall–Kier alpha value is -0.990. The molecular formula is C15H23N3O3S2. The lowest BCUT2D eigenvalue weighted by Crippen LogP contribution is -2.57. The highest BCUT2D eigenvalue weighted by Crippen LogP contribution is 2.29. The Bertz CT molecular complexity index is 667. The molecule has 6 nitrogen and oxygen atoms in total. The molecule has 1 aromatic heterocycles. The Labute approximate surface area is 141 Å². The van der Waals surface area contributed by atoms with Gasteiger partial charge in [0.2, 0.25) is 5.91 Å². The Morgan fingerprint density at radius 3 is 2.65 bits per heavy atom. The van der Waals surface area contributed by atoms with Gasteiger partial charge in [-0.15, -0.1) is 11.3 Å². The van der Waals surface area contributed by atoms with Crippen LogP contribution in [0.25, 0.3) is 0 Å². The second-order valence-corrected chi connectivity index (χ2v) is 9.88. The van der Waals surface area contributed by atoms with Gasteiger partial charge in [0, 0.05) is 11.1 Å². The summed E-state index contributed by atoms with van der Waals surface area (Å²) in [6, 6.07) is 0. The molecule has 23 heavy (non-hydrogen) atoms. The molecule has 0 saturated carbocycles. The second-order valence-electron chi connectivity index (χ2n) is 6.38. The normalized spacial score (nSPS) is 20.7. The van der Waals surface area contributed by atoms with Gasteiger partial charge >= 0.3 is 0 Å². The van der Waals surface area contributed by atoms with E-state index in [1.54, 1.807) is 11.3 Å². The lowest BCUT2D eigenvalue weighted by atomic mass is 9.96. The SMILES string of the molecule is CS(=O)(=O)C1(C(=O)NCc2nc3c(s2)CCCC3)CCNCC1. The molecule has 0 atom stereocenters. The topological polar surface area (TPSA) is 88.2 Å². The minimum Gasteiger partial charge on any atom is -0.348 e. The molecule has 0 unspecified atom stereocenters. The molecule has 0 spiro atoms. The Morgan fingerprint density at radius 1 is 1.30 bits per heavy atom. The van der Waals surface area contributed by atoms with Crippen molar-refractivity contribution in [3.05, 3.63) is 15.6 Å². The first kappa shape index (κ1) is 16.9. The number of carbonyl (C=O) groups is 1. The molecule has 1 aliphatic carbocycles. The largest absolute Gasteiger partial charge is 0.348 e. The van der Waals surface area contributed by atoms with E-state index >= 15 is 0 Å². The van der Waals surface area contributed by atoms with Crippen LogP contribution in [0.15, 0.2) is 0 Å². The van der Waals surface area contributed by atoms with Gasteiger partial charge < -0.3 is 10.6 Å². The number of amides is 1. The number of hydrogen-bond donors (Lipinski definition) is 2. The number of carbonyl (C=O) groups excluding carboxylic acids is 1. The van der Waals surface area contributed by atoms with Gasteiger partial charge in [0.25, 0.3) is 0 Å². The van der Waals surface area contributed by atoms with Gasteiger partial charge in [0.1, 0.15) is 5.01 Å². The van der Waals surface area contributed by atoms with Gasteiger partial charge in [0.05, 0.1) is 12.2 Å². The summed E-state index contributed by atoms with van der Waals surface area (Å²) in [5, 5.41) is 6.82. The van der Waals surface area contributed by atoms with Gasteiger partial charge in [-0.1, -0.05) is 0 Å². The van der Waals surface area contributed by atoms with Gasteiger partial charge in [-0.05, 0) is 51.6 Å². The van der Waals surface area contributed by atoms with Crippen LogP contribution in [0.4, 0.5) is 0 Å². The van der Waals surface area contributed by atoms with Gasteiger partial charge in [0.15, 0.2) is 14.6 Å². The van der Waals surface area contributed by atoms with E-state index in [1.807, 2.05) is 0 Å². The molecular weight excluding hydrogens is 334 g/mol. The molecule has 2 aliphatic rings. The molecule has 1 saturated heterocycles. The first-order chi connectivity index (χ1) is 10.9. The summed E-state index contributed by atoms with van der Waals surface area (Å²) in [4.78, 5) is 18.6. The maximum atomic E-state index is 12.6. The molecule has 1 aliphatic heterocycles. The number of nitrogens with zero attached hydrogens (tertiary/aromatic N) is 1. The minimum absolute atomic E-state index is 0.321. The Morgan fingerprint density at radius 2 is 2.00 bits per heavy atom. The Balaban J connectivity index is 1.71. The number of aryl methyl sites for hydroxylation is 2. The van der Waals surface area contributed by atoms with Gasteiger partial charge in [-0.3, -0.25) is 4.79 Å². The van der Waals surface area contributed by atoms with E-state index < -0.39 is 14.6 Å². The van der Waals surface area contributed by atoms with Crippen molar-refractivity contribution in [1.29, 1.82) is 0 Å². The first-order valence-electron chi connectivity index (χ1n) is 8.08. The van der Waals surface area contributed by atoms with E-state index in [9.17, 15) is 13.2 Å². The predicted molar refractivity (Wildman–Crippen MR) is 90.3 cm³/mol. The third-order valence-corrected chi connectivity index (χ3v) is 8.00. The number of sulfone groups is 1. The molecule has 0 aromatic carbocycles. The average molecular weight is 358 g/mol. The lowest BCUT2D eigenvalue weighted by Gasteiger charge is -2.34. The predicted octanol–water partition coefficient (Wildman–Crippen LogP) is 0.805. The van der Waals surface area contributed by atoms with Crippen molar-refractivity contribution in [1.82, 2.24) is 15.6 Å². The number of piperidine rings is 1. The van der Waals surface area contributed by atoms with Crippen molar-refractivity contribution in [3.8, 4) is 0 Å². The monoisotopic (exact) mass is 357 g/mol. The highest BCUT2D eigenvalue weighted by atomic mass is 32.2. The van der Waals surface area contributed by atoms with Crippen molar-refractivity contribution in [2.75, 3.05) is 19.3 Å². The molecule has 2 N–H and O–H groups in total. The zero-order valence-electron chi connectivity index (χ0n) is 13.4. The van der Waals surface area contributed by atoms with Crippen LogP contribution in [-0.4, -0.2) is 43.4 Å². The van der Waals surface area contributed by atoms with E-state index in [2.05, 4.69) is 15.6 Å². The number of thiazole rings is 1. The molecule has 1 amide bonds. The van der Waals surface area contributed by atoms with Gasteiger partial charge in [-0.25, -0.2) is 13.4 Å². The van der Waals surface area contributed by atoms with Crippen molar-refractivity contribution >= 4 is 27.1 Å². The second kappa shape index (κ2) is 6.49. The smallest absolute Gasteiger partial charge is 0.241 e. The van der Waals surface area contributed by atoms with E-state index in [4.69, 9.17) is 0 Å². The standard InChI is InChI=1S/C15H23N3O3S2/c1-23(20,21)15(6-8-16-9-7-15)14(19)17-10-13-18-11-4-2-3-5-12(11)22-13/h16H,2-10H2,1H3,(H,17,19). The van der Waals surface area contributed by atoms with Crippen molar-refractivity contribution in [2.45, 2.75) is 49.8 Å². The van der Waals surface area contributed by atoms with Crippen LogP contribution in [0, 0.1) is 0 Å². The fourth-order valence-electron chi connectivity index (χ4n) is 3.39. The molecule has 0 radical (unpaired) electrons. The molecule has 128 valence electrons. The van der Waals surface area contributed by atoms with Crippen LogP contribution in [-0.2, 0) is 34.0 Å². The van der Waals surface area contributed by atoms with Gasteiger partial charge in [-0.2, -0.15) is 0 Å². The molecule has 0 bridgehead atoms. The summed E-state index contributed by atoms with van der Waals surface area (Å²) in [5.41, 5.74) is 1.16. The zero-order valence-corrected chi connectivity index (χ0v) is 15.0. The maximum Gasteiger partial charge on any atom is 0.241 e. The third-order valence-electron chi connectivity index (χ3n) is 4.82. The van der Waals surface area contributed by atoms with E-state index in [0.717, 1.165) is 23.5 Å². The van der Waals surface area contributed by atoms with Crippen LogP contribution in [0.5, 0.6) is 0 Å². The fourth-order valence-corrected chi connectivity index (χ4v) is 5.85. The summed E-state index contributed by atoms with van der Waals surface area (Å²) < 4.78 is 23.1. The number of hydrogen-bond acceptors (Lipinski definition) is 6. The van der Waals surface area contributed by atoms with Crippen LogP contribution >= 0.6 is 11.3 Å². The molecule has 2 heterocycles. The fraction of sp³-hybridized carbons (Fsp3) is 0.733. The van der Waals surface area contributed by atoms with Crippen LogP contribution in [0.1, 0.15) is 41.3 Å². The minimum atomic E-state index is -3.46. The number of fused-ring (bicyclic) bond motifs is 1. The molecule has 1 aromatic rings. The summed E-state index contributed by atoms with van der Waals surface area (Å²) >= 11 is 1.64. The van der Waals surface area contributed by atoms with Crippen molar-refractivity contribution in [2.24, 2.45) is 0 Å². The van der Waals surface area contributed by atoms with Crippen molar-refractivity contribution in [3.63, 3.8) is 0 Å². The summed E-state index contributed by atoms with van der Waals surface area (Å²) in [6.45, 7) is 1.42. The molecule has 1 fully saturated rings. The summed E-state index contributed by atoms with van der Waals surface area (Å²) in [5.74, 6) is -0.380. The lowest BCUT2D eigenvalue weighted by molar-refractivity contribution is -0.124. The van der Waals surface area contributed by atoms with E-state index in [-0.39, 0.29) is 5.91 Å². The maximum absolute atomic E-state index is 12.6. The van der Waals surface area contributed by atoms with Crippen LogP contribution in [0.2, 0.25) is 0 Å².